The molecule has 0 bridgehead atoms. The van der Waals surface area contributed by atoms with Crippen LogP contribution in [0.2, 0.25) is 0 Å². The minimum atomic E-state index is 0.289. The zero-order chi connectivity index (χ0) is 11.7. The molecule has 2 aliphatic rings. The van der Waals surface area contributed by atoms with E-state index in [1.807, 2.05) is 6.07 Å². The zero-order valence-electron chi connectivity index (χ0n) is 10.2. The molecule has 1 aromatic rings. The highest BCUT2D eigenvalue weighted by Crippen LogP contribution is 2.28. The maximum atomic E-state index is 5.88. The average Bonchev–Trinajstić information content (AvgIpc) is 2.69. The SMILES string of the molecule is CC1(CNCC2Cc3ccccc3O2)COC1. The fourth-order valence-corrected chi connectivity index (χ4v) is 2.46. The van der Waals surface area contributed by atoms with E-state index in [0.717, 1.165) is 38.5 Å². The minimum Gasteiger partial charge on any atom is -0.488 e. The summed E-state index contributed by atoms with van der Waals surface area (Å²) in [6, 6.07) is 8.30. The maximum absolute atomic E-state index is 5.88. The molecule has 2 heterocycles. The molecule has 1 fully saturated rings. The summed E-state index contributed by atoms with van der Waals surface area (Å²) in [5.41, 5.74) is 1.67. The van der Waals surface area contributed by atoms with Crippen LogP contribution >= 0.6 is 0 Å². The van der Waals surface area contributed by atoms with E-state index in [9.17, 15) is 0 Å². The standard InChI is InChI=1S/C14H19NO2/c1-14(9-16-10-14)8-15-7-12-6-11-4-2-3-5-13(11)17-12/h2-5,12,15H,6-10H2,1H3. The normalized spacial score (nSPS) is 24.9. The van der Waals surface area contributed by atoms with Crippen molar-refractivity contribution in [2.75, 3.05) is 26.3 Å². The molecule has 0 aromatic heterocycles. The van der Waals surface area contributed by atoms with E-state index in [1.165, 1.54) is 5.56 Å². The van der Waals surface area contributed by atoms with Gasteiger partial charge in [0.25, 0.3) is 0 Å². The topological polar surface area (TPSA) is 30.5 Å². The first-order valence-electron chi connectivity index (χ1n) is 6.28. The van der Waals surface area contributed by atoms with Gasteiger partial charge in [-0.15, -0.1) is 0 Å². The number of para-hydroxylation sites is 1. The van der Waals surface area contributed by atoms with E-state index in [1.54, 1.807) is 0 Å². The predicted molar refractivity (Wildman–Crippen MR) is 66.4 cm³/mol. The van der Waals surface area contributed by atoms with E-state index in [4.69, 9.17) is 9.47 Å². The quantitative estimate of drug-likeness (QED) is 0.857. The van der Waals surface area contributed by atoms with Gasteiger partial charge >= 0.3 is 0 Å². The lowest BCUT2D eigenvalue weighted by atomic mass is 9.89. The molecule has 3 rings (SSSR count). The predicted octanol–water partition coefficient (Wildman–Crippen LogP) is 1.62. The summed E-state index contributed by atoms with van der Waals surface area (Å²) < 4.78 is 11.1. The molecule has 0 amide bonds. The van der Waals surface area contributed by atoms with Crippen LogP contribution in [0, 0.1) is 5.41 Å². The van der Waals surface area contributed by atoms with E-state index >= 15 is 0 Å². The average molecular weight is 233 g/mol. The van der Waals surface area contributed by atoms with E-state index in [-0.39, 0.29) is 6.10 Å². The van der Waals surface area contributed by atoms with Crippen molar-refractivity contribution < 1.29 is 9.47 Å². The van der Waals surface area contributed by atoms with E-state index < -0.39 is 0 Å². The molecule has 0 saturated carbocycles. The Bertz CT molecular complexity index is 376. The van der Waals surface area contributed by atoms with Gasteiger partial charge in [0.1, 0.15) is 11.9 Å². The van der Waals surface area contributed by atoms with Crippen LogP contribution in [0.1, 0.15) is 12.5 Å². The largest absolute Gasteiger partial charge is 0.488 e. The third kappa shape index (κ3) is 2.31. The second-order valence-electron chi connectivity index (χ2n) is 5.49. The molecule has 17 heavy (non-hydrogen) atoms. The Hall–Kier alpha value is -1.06. The Labute approximate surface area is 102 Å². The van der Waals surface area contributed by atoms with Gasteiger partial charge in [-0.25, -0.2) is 0 Å². The molecular weight excluding hydrogens is 214 g/mol. The van der Waals surface area contributed by atoms with Crippen molar-refractivity contribution in [1.29, 1.82) is 0 Å². The van der Waals surface area contributed by atoms with Gasteiger partial charge in [-0.1, -0.05) is 25.1 Å². The first-order valence-corrected chi connectivity index (χ1v) is 6.28. The summed E-state index contributed by atoms with van der Waals surface area (Å²) in [4.78, 5) is 0. The third-order valence-electron chi connectivity index (χ3n) is 3.54. The fourth-order valence-electron chi connectivity index (χ4n) is 2.46. The second kappa shape index (κ2) is 4.31. The molecule has 92 valence electrons. The zero-order valence-corrected chi connectivity index (χ0v) is 10.2. The van der Waals surface area contributed by atoms with Gasteiger partial charge in [0, 0.05) is 24.9 Å². The Morgan fingerprint density at radius 3 is 2.88 bits per heavy atom. The van der Waals surface area contributed by atoms with Crippen molar-refractivity contribution in [2.45, 2.75) is 19.4 Å². The van der Waals surface area contributed by atoms with Gasteiger partial charge < -0.3 is 14.8 Å². The Morgan fingerprint density at radius 1 is 1.35 bits per heavy atom. The highest BCUT2D eigenvalue weighted by molar-refractivity contribution is 5.37. The molecule has 1 aromatic carbocycles. The maximum Gasteiger partial charge on any atom is 0.123 e. The molecule has 2 aliphatic heterocycles. The molecular formula is C14H19NO2. The van der Waals surface area contributed by atoms with Crippen molar-refractivity contribution in [2.24, 2.45) is 5.41 Å². The highest BCUT2D eigenvalue weighted by atomic mass is 16.5. The van der Waals surface area contributed by atoms with Crippen LogP contribution in [0.15, 0.2) is 24.3 Å². The van der Waals surface area contributed by atoms with Gasteiger partial charge in [-0.3, -0.25) is 0 Å². The Morgan fingerprint density at radius 2 is 2.18 bits per heavy atom. The molecule has 3 heteroatoms. The molecule has 3 nitrogen and oxygen atoms in total. The number of nitrogens with one attached hydrogen (secondary N) is 1. The van der Waals surface area contributed by atoms with Gasteiger partial charge in [0.15, 0.2) is 0 Å². The van der Waals surface area contributed by atoms with E-state index in [0.29, 0.717) is 5.41 Å². The lowest BCUT2D eigenvalue weighted by molar-refractivity contribution is -0.0994. The third-order valence-corrected chi connectivity index (χ3v) is 3.54. The number of benzene rings is 1. The first kappa shape index (κ1) is 11.1. The lowest BCUT2D eigenvalue weighted by Crippen LogP contribution is -2.48. The van der Waals surface area contributed by atoms with Crippen LogP contribution in [0.3, 0.4) is 0 Å². The fraction of sp³-hybridized carbons (Fsp3) is 0.571. The van der Waals surface area contributed by atoms with Crippen molar-refractivity contribution in [3.8, 4) is 5.75 Å². The lowest BCUT2D eigenvalue weighted by Gasteiger charge is -2.38. The smallest absolute Gasteiger partial charge is 0.123 e. The number of hydrogen-bond acceptors (Lipinski definition) is 3. The van der Waals surface area contributed by atoms with Gasteiger partial charge in [0.05, 0.1) is 13.2 Å². The van der Waals surface area contributed by atoms with Crippen LogP contribution in [-0.2, 0) is 11.2 Å². The Kier molecular flexibility index (Phi) is 2.81. The van der Waals surface area contributed by atoms with Gasteiger partial charge in [0.2, 0.25) is 0 Å². The molecule has 0 spiro atoms. The summed E-state index contributed by atoms with van der Waals surface area (Å²) in [6.45, 7) is 5.96. The molecule has 0 aliphatic carbocycles. The van der Waals surface area contributed by atoms with Gasteiger partial charge in [-0.05, 0) is 11.6 Å². The van der Waals surface area contributed by atoms with E-state index in [2.05, 4.69) is 30.4 Å². The molecule has 1 atom stereocenters. The minimum absolute atomic E-state index is 0.289. The molecule has 0 radical (unpaired) electrons. The van der Waals surface area contributed by atoms with Crippen LogP contribution in [0.25, 0.3) is 0 Å². The molecule has 1 unspecified atom stereocenters. The molecule has 1 N–H and O–H groups in total. The summed E-state index contributed by atoms with van der Waals surface area (Å²) in [7, 11) is 0. The summed E-state index contributed by atoms with van der Waals surface area (Å²) in [6.07, 6.45) is 1.31. The second-order valence-corrected chi connectivity index (χ2v) is 5.49. The van der Waals surface area contributed by atoms with Crippen molar-refractivity contribution in [3.63, 3.8) is 0 Å². The van der Waals surface area contributed by atoms with Crippen LogP contribution in [-0.4, -0.2) is 32.4 Å². The molecule has 1 saturated heterocycles. The first-order chi connectivity index (χ1) is 8.25. The van der Waals surface area contributed by atoms with Crippen LogP contribution in [0.4, 0.5) is 0 Å². The number of ether oxygens (including phenoxy) is 2. The van der Waals surface area contributed by atoms with Crippen molar-refractivity contribution >= 4 is 0 Å². The summed E-state index contributed by atoms with van der Waals surface area (Å²) in [5.74, 6) is 1.05. The number of fused-ring (bicyclic) bond motifs is 1. The summed E-state index contributed by atoms with van der Waals surface area (Å²) >= 11 is 0. The van der Waals surface area contributed by atoms with Gasteiger partial charge in [-0.2, -0.15) is 0 Å². The number of rotatable bonds is 4. The number of hydrogen-bond donors (Lipinski definition) is 1. The highest BCUT2D eigenvalue weighted by Gasteiger charge is 2.33. The van der Waals surface area contributed by atoms with Crippen molar-refractivity contribution in [3.05, 3.63) is 29.8 Å². The van der Waals surface area contributed by atoms with Crippen molar-refractivity contribution in [1.82, 2.24) is 5.32 Å². The Balaban J connectivity index is 1.46. The van der Waals surface area contributed by atoms with Crippen LogP contribution < -0.4 is 10.1 Å². The summed E-state index contributed by atoms with van der Waals surface area (Å²) in [5, 5.41) is 3.50. The van der Waals surface area contributed by atoms with Crippen LogP contribution in [0.5, 0.6) is 5.75 Å². The monoisotopic (exact) mass is 233 g/mol.